The van der Waals surface area contributed by atoms with E-state index < -0.39 is 17.7 Å². The molecule has 1 aromatic carbocycles. The van der Waals surface area contributed by atoms with Gasteiger partial charge >= 0.3 is 5.97 Å². The predicted molar refractivity (Wildman–Crippen MR) is 138 cm³/mol. The van der Waals surface area contributed by atoms with Gasteiger partial charge in [-0.25, -0.2) is 4.79 Å². The Balaban J connectivity index is 1.66. The number of rotatable bonds is 11. The molecule has 0 saturated heterocycles. The second-order valence-corrected chi connectivity index (χ2v) is 9.68. The summed E-state index contributed by atoms with van der Waals surface area (Å²) in [6.07, 6.45) is 12.8. The van der Waals surface area contributed by atoms with Crippen molar-refractivity contribution < 1.29 is 28.8 Å². The Morgan fingerprint density at radius 3 is 2.83 bits per heavy atom. The average Bonchev–Trinajstić information content (AvgIpc) is 3.54. The van der Waals surface area contributed by atoms with Crippen LogP contribution in [0.25, 0.3) is 5.57 Å². The fraction of sp³-hybridized carbons (Fsp3) is 0.536. The molecule has 0 aromatic heterocycles. The lowest BCUT2D eigenvalue weighted by molar-refractivity contribution is -0.141. The van der Waals surface area contributed by atoms with Crippen molar-refractivity contribution in [2.75, 3.05) is 26.9 Å². The molecule has 0 radical (unpaired) electrons. The first-order valence-corrected chi connectivity index (χ1v) is 12.9. The molecule has 2 N–H and O–H groups in total. The molecule has 3 aliphatic rings. The zero-order chi connectivity index (χ0) is 25.7. The zero-order valence-electron chi connectivity index (χ0n) is 21.8. The number of unbranched alkanes of at least 4 members (excludes halogenated alkanes) is 3. The smallest absolute Gasteiger partial charge is 0.374 e. The summed E-state index contributed by atoms with van der Waals surface area (Å²) < 4.78 is 23.4. The van der Waals surface area contributed by atoms with Crippen molar-refractivity contribution in [2.45, 2.75) is 71.0 Å². The number of hydrogen-bond donors (Lipinski definition) is 2. The van der Waals surface area contributed by atoms with E-state index in [2.05, 4.69) is 17.1 Å². The number of nitrogens with one attached hydrogen (secondary N) is 1. The van der Waals surface area contributed by atoms with E-state index in [-0.39, 0.29) is 12.4 Å². The Hall–Kier alpha value is -3.13. The van der Waals surface area contributed by atoms with E-state index in [1.807, 2.05) is 25.4 Å². The standard InChI is InChI=1S/C28H38N2O6/c1-5-7-8-9-11-28(3,32)24-16-20-21(36-24)17-22-25(26(20)33-4)19(10-13-30-14-12-29-18-30)15-23(35-22)27(31)34-6-2/h10,12,14-15,17,24,29,32H,5-9,11,13,16,18H2,1-4H3. The van der Waals surface area contributed by atoms with E-state index in [1.165, 1.54) is 0 Å². The van der Waals surface area contributed by atoms with Crippen LogP contribution in [0.15, 0.2) is 36.4 Å². The number of carbonyl (C=O) groups excluding carboxylic acids is 1. The van der Waals surface area contributed by atoms with Gasteiger partial charge in [-0.1, -0.05) is 38.7 Å². The molecule has 3 heterocycles. The van der Waals surface area contributed by atoms with Gasteiger partial charge in [0.25, 0.3) is 0 Å². The highest BCUT2D eigenvalue weighted by molar-refractivity contribution is 5.95. The number of carbonyl (C=O) groups is 1. The van der Waals surface area contributed by atoms with Gasteiger partial charge in [0.2, 0.25) is 5.76 Å². The van der Waals surface area contributed by atoms with E-state index in [1.54, 1.807) is 26.2 Å². The maximum absolute atomic E-state index is 12.6. The summed E-state index contributed by atoms with van der Waals surface area (Å²) in [5, 5.41) is 14.4. The van der Waals surface area contributed by atoms with Crippen LogP contribution in [0.2, 0.25) is 0 Å². The van der Waals surface area contributed by atoms with E-state index in [4.69, 9.17) is 18.9 Å². The van der Waals surface area contributed by atoms with Crippen LogP contribution in [0.1, 0.15) is 64.0 Å². The molecule has 0 bridgehead atoms. The molecule has 2 atom stereocenters. The predicted octanol–water partition coefficient (Wildman–Crippen LogP) is 4.28. The number of fused-ring (bicyclic) bond motifs is 2. The molecule has 0 spiro atoms. The summed E-state index contributed by atoms with van der Waals surface area (Å²) >= 11 is 0. The number of esters is 1. The van der Waals surface area contributed by atoms with Crippen molar-refractivity contribution in [1.29, 1.82) is 0 Å². The summed E-state index contributed by atoms with van der Waals surface area (Å²) in [7, 11) is 1.63. The normalized spacial score (nSPS) is 20.6. The Morgan fingerprint density at radius 1 is 1.31 bits per heavy atom. The number of hydrogen-bond acceptors (Lipinski definition) is 8. The Labute approximate surface area is 213 Å². The molecule has 2 unspecified atom stereocenters. The lowest BCUT2D eigenvalue weighted by Gasteiger charge is -2.29. The maximum Gasteiger partial charge on any atom is 0.374 e. The summed E-state index contributed by atoms with van der Waals surface area (Å²) in [5.41, 5.74) is 1.52. The first-order valence-electron chi connectivity index (χ1n) is 12.9. The van der Waals surface area contributed by atoms with Crippen LogP contribution in [0.3, 0.4) is 0 Å². The molecular weight excluding hydrogens is 460 g/mol. The van der Waals surface area contributed by atoms with Crippen LogP contribution in [-0.2, 0) is 16.0 Å². The summed E-state index contributed by atoms with van der Waals surface area (Å²) in [6.45, 7) is 7.39. The van der Waals surface area contributed by atoms with Crippen molar-refractivity contribution in [3.63, 3.8) is 0 Å². The van der Waals surface area contributed by atoms with Crippen molar-refractivity contribution in [1.82, 2.24) is 10.2 Å². The number of nitrogens with zero attached hydrogens (tertiary/aromatic N) is 1. The molecule has 0 aliphatic carbocycles. The van der Waals surface area contributed by atoms with Crippen LogP contribution in [-0.4, -0.2) is 54.6 Å². The number of methoxy groups -OCH3 is 1. The minimum absolute atomic E-state index is 0.116. The minimum atomic E-state index is -0.971. The molecule has 8 nitrogen and oxygen atoms in total. The average molecular weight is 499 g/mol. The van der Waals surface area contributed by atoms with E-state index in [0.717, 1.165) is 42.4 Å². The van der Waals surface area contributed by atoms with Crippen LogP contribution in [0.5, 0.6) is 17.2 Å². The highest BCUT2D eigenvalue weighted by Gasteiger charge is 2.41. The van der Waals surface area contributed by atoms with E-state index >= 15 is 0 Å². The third kappa shape index (κ3) is 5.48. The lowest BCUT2D eigenvalue weighted by Crippen LogP contribution is -2.42. The Morgan fingerprint density at radius 2 is 2.14 bits per heavy atom. The Kier molecular flexibility index (Phi) is 8.14. The van der Waals surface area contributed by atoms with Gasteiger partial charge in [0, 0.05) is 37.0 Å². The fourth-order valence-electron chi connectivity index (χ4n) is 4.88. The molecule has 36 heavy (non-hydrogen) atoms. The summed E-state index contributed by atoms with van der Waals surface area (Å²) in [4.78, 5) is 14.7. The molecule has 8 heteroatoms. The molecule has 4 rings (SSSR count). The molecule has 0 amide bonds. The van der Waals surface area contributed by atoms with Gasteiger partial charge in [0.15, 0.2) is 0 Å². The first-order chi connectivity index (χ1) is 17.4. The van der Waals surface area contributed by atoms with Crippen molar-refractivity contribution >= 4 is 11.5 Å². The number of allylic oxidation sites excluding steroid dienone is 2. The SMILES string of the molecule is CCCCCCC(C)(O)C1Cc2c(cc3c(c2OC)C(=CCN2C=CNC2)C=C(C(=O)OCC)O3)O1. The van der Waals surface area contributed by atoms with E-state index in [9.17, 15) is 9.90 Å². The first kappa shape index (κ1) is 25.9. The molecular formula is C28H38N2O6. The van der Waals surface area contributed by atoms with Crippen LogP contribution in [0, 0.1) is 0 Å². The van der Waals surface area contributed by atoms with Gasteiger partial charge in [0.1, 0.15) is 23.4 Å². The molecule has 0 saturated carbocycles. The highest BCUT2D eigenvalue weighted by Crippen LogP contribution is 2.50. The fourth-order valence-corrected chi connectivity index (χ4v) is 4.88. The van der Waals surface area contributed by atoms with Gasteiger partial charge in [0.05, 0.1) is 31.5 Å². The van der Waals surface area contributed by atoms with Crippen LogP contribution < -0.4 is 19.5 Å². The van der Waals surface area contributed by atoms with Gasteiger partial charge in [-0.05, 0) is 31.9 Å². The van der Waals surface area contributed by atoms with Crippen LogP contribution >= 0.6 is 0 Å². The van der Waals surface area contributed by atoms with Gasteiger partial charge < -0.3 is 34.3 Å². The number of ether oxygens (including phenoxy) is 4. The number of benzene rings is 1. The Bertz CT molecular complexity index is 1060. The largest absolute Gasteiger partial charge is 0.496 e. The van der Waals surface area contributed by atoms with Crippen molar-refractivity contribution in [3.05, 3.63) is 47.5 Å². The second-order valence-electron chi connectivity index (χ2n) is 9.68. The zero-order valence-corrected chi connectivity index (χ0v) is 21.8. The highest BCUT2D eigenvalue weighted by atomic mass is 16.6. The summed E-state index contributed by atoms with van der Waals surface area (Å²) in [6, 6.07) is 1.80. The topological polar surface area (TPSA) is 89.5 Å². The molecule has 0 fully saturated rings. The second kappa shape index (κ2) is 11.3. The van der Waals surface area contributed by atoms with Gasteiger partial charge in [-0.3, -0.25) is 0 Å². The van der Waals surface area contributed by atoms with Gasteiger partial charge in [-0.15, -0.1) is 0 Å². The van der Waals surface area contributed by atoms with Gasteiger partial charge in [-0.2, -0.15) is 0 Å². The number of aliphatic hydroxyl groups is 1. The van der Waals surface area contributed by atoms with Crippen LogP contribution in [0.4, 0.5) is 0 Å². The van der Waals surface area contributed by atoms with Crippen molar-refractivity contribution in [2.24, 2.45) is 0 Å². The summed E-state index contributed by atoms with van der Waals surface area (Å²) in [5.74, 6) is 1.32. The molecule has 1 aromatic rings. The van der Waals surface area contributed by atoms with Crippen molar-refractivity contribution in [3.8, 4) is 17.2 Å². The molecule has 3 aliphatic heterocycles. The third-order valence-corrected chi connectivity index (χ3v) is 6.92. The maximum atomic E-state index is 12.6. The monoisotopic (exact) mass is 498 g/mol. The third-order valence-electron chi connectivity index (χ3n) is 6.92. The molecule has 196 valence electrons. The minimum Gasteiger partial charge on any atom is -0.496 e. The quantitative estimate of drug-likeness (QED) is 0.345. The lowest BCUT2D eigenvalue weighted by atomic mass is 9.88. The van der Waals surface area contributed by atoms with E-state index in [0.29, 0.717) is 43.3 Å².